The van der Waals surface area contributed by atoms with Crippen LogP contribution in [-0.4, -0.2) is 91.0 Å². The first kappa shape index (κ1) is 27.9. The number of amides is 3. The fourth-order valence-electron chi connectivity index (χ4n) is 2.64. The number of carboxylic acids is 2. The van der Waals surface area contributed by atoms with Gasteiger partial charge in [0.05, 0.1) is 18.5 Å². The molecule has 0 aromatic carbocycles. The molecule has 1 aromatic heterocycles. The number of carbonyl (C=O) groups excluding carboxylic acids is 3. The molecular formula is C18H28N6O8S. The smallest absolute Gasteiger partial charge is 0.328 e. The van der Waals surface area contributed by atoms with Crippen molar-refractivity contribution in [2.75, 3.05) is 5.75 Å². The standard InChI is InChI=1S/C18H28N6O8S/c1-8(25)14(18(31)32)24-16(29)11(2-3-13(26)27)22-17(30)12(4-9-5-20-7-21-9)23-15(28)10(19)6-33/h5,7-8,10-12,14,25,33H,2-4,6,19H2,1H3,(H,20,21)(H,22,30)(H,23,28)(H,24,29)(H,26,27)(H,31,32). The number of aromatic nitrogens is 2. The predicted molar refractivity (Wildman–Crippen MR) is 116 cm³/mol. The van der Waals surface area contributed by atoms with Gasteiger partial charge >= 0.3 is 11.9 Å². The molecule has 0 aliphatic rings. The van der Waals surface area contributed by atoms with E-state index in [1.807, 2.05) is 0 Å². The van der Waals surface area contributed by atoms with Crippen molar-refractivity contribution in [3.63, 3.8) is 0 Å². The summed E-state index contributed by atoms with van der Waals surface area (Å²) in [7, 11) is 0. The number of carboxylic acid groups (broad SMARTS) is 2. The minimum Gasteiger partial charge on any atom is -0.481 e. The molecule has 1 heterocycles. The molecule has 9 N–H and O–H groups in total. The second-order valence-electron chi connectivity index (χ2n) is 7.19. The van der Waals surface area contributed by atoms with Gasteiger partial charge in [0.15, 0.2) is 6.04 Å². The van der Waals surface area contributed by atoms with Crippen LogP contribution in [0.5, 0.6) is 0 Å². The Morgan fingerprint density at radius 3 is 2.18 bits per heavy atom. The summed E-state index contributed by atoms with van der Waals surface area (Å²) in [5.74, 6) is -5.32. The molecule has 1 rings (SSSR count). The Kier molecular flexibility index (Phi) is 11.3. The van der Waals surface area contributed by atoms with Gasteiger partial charge in [-0.1, -0.05) is 0 Å². The Balaban J connectivity index is 3.06. The van der Waals surface area contributed by atoms with E-state index >= 15 is 0 Å². The first-order chi connectivity index (χ1) is 15.5. The maximum Gasteiger partial charge on any atom is 0.328 e. The summed E-state index contributed by atoms with van der Waals surface area (Å²) in [5.41, 5.74) is 6.10. The molecule has 0 aliphatic carbocycles. The highest BCUT2D eigenvalue weighted by Gasteiger charge is 2.32. The lowest BCUT2D eigenvalue weighted by Gasteiger charge is -2.25. The maximum atomic E-state index is 12.9. The van der Waals surface area contributed by atoms with Crippen LogP contribution >= 0.6 is 12.6 Å². The molecule has 0 fully saturated rings. The normalized spacial score (nSPS) is 15.4. The fraction of sp³-hybridized carbons (Fsp3) is 0.556. The minimum atomic E-state index is -1.68. The van der Waals surface area contributed by atoms with E-state index in [1.54, 1.807) is 0 Å². The number of aliphatic hydroxyl groups is 1. The minimum absolute atomic E-state index is 0.00376. The summed E-state index contributed by atoms with van der Waals surface area (Å²) in [6, 6.07) is -5.39. The summed E-state index contributed by atoms with van der Waals surface area (Å²) in [6.07, 6.45) is 0.358. The lowest BCUT2D eigenvalue weighted by Crippen LogP contribution is -2.58. The number of carbonyl (C=O) groups is 5. The molecule has 0 saturated heterocycles. The number of aromatic amines is 1. The number of rotatable bonds is 14. The van der Waals surface area contributed by atoms with Crippen molar-refractivity contribution in [3.8, 4) is 0 Å². The van der Waals surface area contributed by atoms with Crippen LogP contribution < -0.4 is 21.7 Å². The first-order valence-electron chi connectivity index (χ1n) is 9.83. The summed E-state index contributed by atoms with van der Waals surface area (Å²) in [5, 5.41) is 34.5. The summed E-state index contributed by atoms with van der Waals surface area (Å²) < 4.78 is 0. The van der Waals surface area contributed by atoms with Crippen LogP contribution in [0.2, 0.25) is 0 Å². The van der Waals surface area contributed by atoms with Crippen LogP contribution in [0.15, 0.2) is 12.5 Å². The zero-order valence-electron chi connectivity index (χ0n) is 17.7. The van der Waals surface area contributed by atoms with E-state index in [-0.39, 0.29) is 18.6 Å². The van der Waals surface area contributed by atoms with Gasteiger partial charge in [0.25, 0.3) is 0 Å². The van der Waals surface area contributed by atoms with E-state index in [4.69, 9.17) is 15.9 Å². The topological polar surface area (TPSA) is 237 Å². The summed E-state index contributed by atoms with van der Waals surface area (Å²) >= 11 is 3.93. The van der Waals surface area contributed by atoms with Crippen molar-refractivity contribution in [2.45, 2.75) is 56.5 Å². The molecule has 33 heavy (non-hydrogen) atoms. The van der Waals surface area contributed by atoms with Crippen LogP contribution in [0.3, 0.4) is 0 Å². The molecule has 0 bridgehead atoms. The maximum absolute atomic E-state index is 12.9. The van der Waals surface area contributed by atoms with E-state index in [0.717, 1.165) is 6.92 Å². The van der Waals surface area contributed by atoms with Crippen LogP contribution in [0.4, 0.5) is 0 Å². The van der Waals surface area contributed by atoms with Gasteiger partial charge in [-0.15, -0.1) is 0 Å². The largest absolute Gasteiger partial charge is 0.481 e. The Morgan fingerprint density at radius 1 is 1.09 bits per heavy atom. The molecule has 0 aliphatic heterocycles. The van der Waals surface area contributed by atoms with Gasteiger partial charge in [0, 0.05) is 30.5 Å². The Bertz CT molecular complexity index is 834. The van der Waals surface area contributed by atoms with Gasteiger partial charge < -0.3 is 42.0 Å². The Morgan fingerprint density at radius 2 is 1.70 bits per heavy atom. The second kappa shape index (κ2) is 13.4. The van der Waals surface area contributed by atoms with Crippen LogP contribution in [0.1, 0.15) is 25.5 Å². The average Bonchev–Trinajstić information content (AvgIpc) is 3.25. The number of hydrogen-bond donors (Lipinski definition) is 9. The van der Waals surface area contributed by atoms with Gasteiger partial charge in [-0.25, -0.2) is 9.78 Å². The van der Waals surface area contributed by atoms with Crippen molar-refractivity contribution >= 4 is 42.3 Å². The number of hydrogen-bond acceptors (Lipinski definition) is 9. The summed E-state index contributed by atoms with van der Waals surface area (Å²) in [4.78, 5) is 66.6. The zero-order valence-corrected chi connectivity index (χ0v) is 18.6. The number of thiol groups is 1. The molecule has 5 atom stereocenters. The Labute approximate surface area is 194 Å². The molecule has 14 nitrogen and oxygen atoms in total. The van der Waals surface area contributed by atoms with Crippen molar-refractivity contribution in [1.29, 1.82) is 0 Å². The molecule has 0 radical (unpaired) electrons. The highest BCUT2D eigenvalue weighted by Crippen LogP contribution is 2.05. The van der Waals surface area contributed by atoms with Crippen LogP contribution in [0.25, 0.3) is 0 Å². The predicted octanol–water partition coefficient (Wildman–Crippen LogP) is -3.01. The number of H-pyrrole nitrogens is 1. The van der Waals surface area contributed by atoms with Gasteiger partial charge in [0.2, 0.25) is 17.7 Å². The van der Waals surface area contributed by atoms with E-state index in [2.05, 4.69) is 38.5 Å². The molecule has 1 aromatic rings. The number of nitrogens with zero attached hydrogens (tertiary/aromatic N) is 1. The second-order valence-corrected chi connectivity index (χ2v) is 7.56. The highest BCUT2D eigenvalue weighted by atomic mass is 32.1. The van der Waals surface area contributed by atoms with Gasteiger partial charge in [-0.3, -0.25) is 19.2 Å². The molecule has 5 unspecified atom stereocenters. The quantitative estimate of drug-likeness (QED) is 0.120. The zero-order chi connectivity index (χ0) is 25.1. The molecule has 0 spiro atoms. The van der Waals surface area contributed by atoms with E-state index in [0.29, 0.717) is 5.69 Å². The number of aliphatic carboxylic acids is 2. The Hall–Kier alpha value is -3.17. The lowest BCUT2D eigenvalue weighted by atomic mass is 10.1. The van der Waals surface area contributed by atoms with E-state index in [9.17, 15) is 29.1 Å². The number of nitrogens with one attached hydrogen (secondary N) is 4. The average molecular weight is 489 g/mol. The van der Waals surface area contributed by atoms with E-state index < -0.39 is 66.4 Å². The van der Waals surface area contributed by atoms with Gasteiger partial charge in [-0.2, -0.15) is 12.6 Å². The first-order valence-corrected chi connectivity index (χ1v) is 10.5. The van der Waals surface area contributed by atoms with E-state index in [1.165, 1.54) is 12.5 Å². The molecular weight excluding hydrogens is 460 g/mol. The molecule has 3 amide bonds. The molecule has 0 saturated carbocycles. The highest BCUT2D eigenvalue weighted by molar-refractivity contribution is 7.80. The van der Waals surface area contributed by atoms with Gasteiger partial charge in [-0.05, 0) is 13.3 Å². The fourth-order valence-corrected chi connectivity index (χ4v) is 2.80. The van der Waals surface area contributed by atoms with Crippen LogP contribution in [0, 0.1) is 0 Å². The number of imidazole rings is 1. The van der Waals surface area contributed by atoms with Gasteiger partial charge in [0.1, 0.15) is 12.1 Å². The third-order valence-corrected chi connectivity index (χ3v) is 4.86. The SMILES string of the molecule is CC(O)C(NC(=O)C(CCC(=O)O)NC(=O)C(Cc1cnc[nH]1)NC(=O)C(N)CS)C(=O)O. The number of nitrogens with two attached hydrogens (primary N) is 1. The molecule has 184 valence electrons. The van der Waals surface area contributed by atoms with Crippen molar-refractivity contribution in [1.82, 2.24) is 25.9 Å². The third kappa shape index (κ3) is 9.46. The summed E-state index contributed by atoms with van der Waals surface area (Å²) in [6.45, 7) is 1.14. The van der Waals surface area contributed by atoms with Crippen LogP contribution in [-0.2, 0) is 30.4 Å². The monoisotopic (exact) mass is 488 g/mol. The lowest BCUT2D eigenvalue weighted by molar-refractivity contribution is -0.145. The van der Waals surface area contributed by atoms with Crippen molar-refractivity contribution in [2.24, 2.45) is 5.73 Å². The molecule has 15 heteroatoms. The van der Waals surface area contributed by atoms with Crippen molar-refractivity contribution in [3.05, 3.63) is 18.2 Å². The van der Waals surface area contributed by atoms with Crippen molar-refractivity contribution < 1.29 is 39.3 Å². The number of aliphatic hydroxyl groups excluding tert-OH is 1. The third-order valence-electron chi connectivity index (χ3n) is 4.47.